The monoisotopic (exact) mass is 256 g/mol. The highest BCUT2D eigenvalue weighted by atomic mass is 16.5. The van der Waals surface area contributed by atoms with E-state index >= 15 is 0 Å². The number of aliphatic imine (C=N–C) groups is 1. The highest BCUT2D eigenvalue weighted by Gasteiger charge is 2.10. The number of allylic oxidation sites excluding steroid dienone is 2. The lowest BCUT2D eigenvalue weighted by molar-refractivity contribution is -0.114. The highest BCUT2D eigenvalue weighted by molar-refractivity contribution is 6.39. The van der Waals surface area contributed by atoms with Gasteiger partial charge in [-0.3, -0.25) is 9.79 Å². The lowest BCUT2D eigenvalue weighted by Crippen LogP contribution is -2.26. The quantitative estimate of drug-likeness (QED) is 0.902. The van der Waals surface area contributed by atoms with Crippen LogP contribution in [-0.4, -0.2) is 18.7 Å². The van der Waals surface area contributed by atoms with Crippen LogP contribution in [0.25, 0.3) is 0 Å². The molecule has 98 valence electrons. The van der Waals surface area contributed by atoms with Gasteiger partial charge in [0.25, 0.3) is 5.91 Å². The molecule has 0 aromatic heterocycles. The molecule has 0 saturated carbocycles. The molecule has 1 aromatic carbocycles. The van der Waals surface area contributed by atoms with E-state index in [1.54, 1.807) is 19.3 Å². The van der Waals surface area contributed by atoms with Gasteiger partial charge in [-0.1, -0.05) is 12.1 Å². The molecular weight excluding hydrogens is 240 g/mol. The highest BCUT2D eigenvalue weighted by Crippen LogP contribution is 2.17. The minimum Gasteiger partial charge on any atom is -0.458 e. The van der Waals surface area contributed by atoms with Crippen molar-refractivity contribution in [1.29, 1.82) is 0 Å². The van der Waals surface area contributed by atoms with Gasteiger partial charge in [0.15, 0.2) is 0 Å². The van der Waals surface area contributed by atoms with Crippen LogP contribution in [-0.2, 0) is 4.79 Å². The number of aryl methyl sites for hydroxylation is 1. The molecule has 0 aliphatic carbocycles. The molecule has 1 heterocycles. The van der Waals surface area contributed by atoms with E-state index in [1.165, 1.54) is 0 Å². The number of hydrogen-bond donors (Lipinski definition) is 1. The Morgan fingerprint density at radius 3 is 3.00 bits per heavy atom. The molecule has 1 N–H and O–H groups in total. The van der Waals surface area contributed by atoms with Gasteiger partial charge >= 0.3 is 0 Å². The van der Waals surface area contributed by atoms with E-state index < -0.39 is 0 Å². The number of hydrogen-bond acceptors (Lipinski definition) is 3. The first-order valence-corrected chi connectivity index (χ1v) is 6.09. The van der Waals surface area contributed by atoms with Crippen molar-refractivity contribution in [2.24, 2.45) is 4.99 Å². The fourth-order valence-electron chi connectivity index (χ4n) is 1.70. The van der Waals surface area contributed by atoms with E-state index in [0.717, 1.165) is 11.3 Å². The molecule has 0 unspecified atom stereocenters. The molecule has 0 fully saturated rings. The van der Waals surface area contributed by atoms with Gasteiger partial charge in [-0.25, -0.2) is 0 Å². The van der Waals surface area contributed by atoms with Gasteiger partial charge in [0.1, 0.15) is 17.2 Å². The van der Waals surface area contributed by atoms with E-state index in [1.807, 2.05) is 37.3 Å². The van der Waals surface area contributed by atoms with Crippen LogP contribution in [0.5, 0.6) is 5.75 Å². The average Bonchev–Trinajstić information content (AvgIpc) is 2.63. The average molecular weight is 256 g/mol. The Kier molecular flexibility index (Phi) is 4.13. The topological polar surface area (TPSA) is 50.7 Å². The summed E-state index contributed by atoms with van der Waals surface area (Å²) in [6.07, 6.45) is 5.63. The Morgan fingerprint density at radius 1 is 1.42 bits per heavy atom. The third-order valence-electron chi connectivity index (χ3n) is 2.68. The van der Waals surface area contributed by atoms with Crippen molar-refractivity contribution in [3.05, 3.63) is 53.9 Å². The van der Waals surface area contributed by atoms with Crippen molar-refractivity contribution in [2.75, 3.05) is 7.05 Å². The zero-order valence-electron chi connectivity index (χ0n) is 11.0. The SMILES string of the molecule is CNC(=O)C1=NC=CC(Oc2cccc(C)c2)=CC1. The van der Waals surface area contributed by atoms with Crippen molar-refractivity contribution < 1.29 is 9.53 Å². The first kappa shape index (κ1) is 13.1. The minimum absolute atomic E-state index is 0.169. The number of ether oxygens (including phenoxy) is 1. The molecular formula is C15H16N2O2. The Morgan fingerprint density at radius 2 is 2.26 bits per heavy atom. The second kappa shape index (κ2) is 6.00. The first-order chi connectivity index (χ1) is 9.19. The molecule has 0 radical (unpaired) electrons. The second-order valence-corrected chi connectivity index (χ2v) is 4.20. The van der Waals surface area contributed by atoms with E-state index in [0.29, 0.717) is 17.9 Å². The van der Waals surface area contributed by atoms with Crippen LogP contribution in [0.1, 0.15) is 12.0 Å². The summed E-state index contributed by atoms with van der Waals surface area (Å²) in [5, 5.41) is 2.56. The van der Waals surface area contributed by atoms with Crippen LogP contribution in [0.15, 0.2) is 53.4 Å². The lowest BCUT2D eigenvalue weighted by atomic mass is 10.2. The maximum Gasteiger partial charge on any atom is 0.265 e. The number of benzene rings is 1. The van der Waals surface area contributed by atoms with Gasteiger partial charge in [-0.15, -0.1) is 0 Å². The molecule has 1 aliphatic heterocycles. The molecule has 1 aliphatic rings. The van der Waals surface area contributed by atoms with Crippen LogP contribution in [0.2, 0.25) is 0 Å². The third kappa shape index (κ3) is 3.55. The molecule has 19 heavy (non-hydrogen) atoms. The van der Waals surface area contributed by atoms with Crippen LogP contribution >= 0.6 is 0 Å². The summed E-state index contributed by atoms with van der Waals surface area (Å²) in [5.41, 5.74) is 1.61. The van der Waals surface area contributed by atoms with Crippen LogP contribution in [0.4, 0.5) is 0 Å². The van der Waals surface area contributed by atoms with Gasteiger partial charge in [0.2, 0.25) is 0 Å². The largest absolute Gasteiger partial charge is 0.458 e. The Hall–Kier alpha value is -2.36. The zero-order chi connectivity index (χ0) is 13.7. The van der Waals surface area contributed by atoms with Crippen molar-refractivity contribution in [1.82, 2.24) is 5.32 Å². The standard InChI is InChI=1S/C15H16N2O2/c1-11-4-3-5-13(10-11)19-12-6-7-14(15(18)16-2)17-9-8-12/h3-6,8-10H,7H2,1-2H3,(H,16,18). The number of nitrogens with one attached hydrogen (secondary N) is 1. The molecule has 0 spiro atoms. The minimum atomic E-state index is -0.169. The summed E-state index contributed by atoms with van der Waals surface area (Å²) in [4.78, 5) is 15.6. The summed E-state index contributed by atoms with van der Waals surface area (Å²) < 4.78 is 5.75. The van der Waals surface area contributed by atoms with Crippen LogP contribution in [0, 0.1) is 6.92 Å². The van der Waals surface area contributed by atoms with Crippen molar-refractivity contribution in [3.8, 4) is 5.75 Å². The predicted octanol–water partition coefficient (Wildman–Crippen LogP) is 2.36. The molecule has 4 heteroatoms. The van der Waals surface area contributed by atoms with Gasteiger partial charge in [0.05, 0.1) is 0 Å². The summed E-state index contributed by atoms with van der Waals surface area (Å²) >= 11 is 0. The van der Waals surface area contributed by atoms with E-state index in [4.69, 9.17) is 4.74 Å². The summed E-state index contributed by atoms with van der Waals surface area (Å²) in [5.74, 6) is 1.30. The number of nitrogens with zero attached hydrogens (tertiary/aromatic N) is 1. The van der Waals surface area contributed by atoms with Crippen LogP contribution < -0.4 is 10.1 Å². The summed E-state index contributed by atoms with van der Waals surface area (Å²) in [6, 6.07) is 7.81. The molecule has 0 bridgehead atoms. The smallest absolute Gasteiger partial charge is 0.265 e. The van der Waals surface area contributed by atoms with E-state index in [9.17, 15) is 4.79 Å². The van der Waals surface area contributed by atoms with Crippen molar-refractivity contribution >= 4 is 11.6 Å². The molecule has 4 nitrogen and oxygen atoms in total. The number of amides is 1. The number of rotatable bonds is 3. The number of carbonyl (C=O) groups excluding carboxylic acids is 1. The Bertz CT molecular complexity index is 571. The van der Waals surface area contributed by atoms with Gasteiger partial charge in [-0.05, 0) is 36.8 Å². The third-order valence-corrected chi connectivity index (χ3v) is 2.68. The van der Waals surface area contributed by atoms with Crippen LogP contribution in [0.3, 0.4) is 0 Å². The first-order valence-electron chi connectivity index (χ1n) is 6.09. The van der Waals surface area contributed by atoms with Gasteiger partial charge < -0.3 is 10.1 Å². The molecule has 1 aromatic rings. The maximum absolute atomic E-state index is 11.5. The van der Waals surface area contributed by atoms with Crippen molar-refractivity contribution in [2.45, 2.75) is 13.3 Å². The fourth-order valence-corrected chi connectivity index (χ4v) is 1.70. The lowest BCUT2D eigenvalue weighted by Gasteiger charge is -2.06. The maximum atomic E-state index is 11.5. The zero-order valence-corrected chi connectivity index (χ0v) is 11.0. The predicted molar refractivity (Wildman–Crippen MR) is 75.1 cm³/mol. The normalized spacial score (nSPS) is 14.2. The van der Waals surface area contributed by atoms with Gasteiger partial charge in [0, 0.05) is 19.7 Å². The molecule has 0 saturated heterocycles. The van der Waals surface area contributed by atoms with Gasteiger partial charge in [-0.2, -0.15) is 0 Å². The van der Waals surface area contributed by atoms with E-state index in [-0.39, 0.29) is 5.91 Å². The molecule has 1 amide bonds. The Balaban J connectivity index is 2.08. The summed E-state index contributed by atoms with van der Waals surface area (Å²) in [6.45, 7) is 2.01. The molecule has 0 atom stereocenters. The molecule has 2 rings (SSSR count). The number of carbonyl (C=O) groups is 1. The summed E-state index contributed by atoms with van der Waals surface area (Å²) in [7, 11) is 1.59. The fraction of sp³-hybridized carbons (Fsp3) is 0.200. The van der Waals surface area contributed by atoms with Crippen molar-refractivity contribution in [3.63, 3.8) is 0 Å². The Labute approximate surface area is 112 Å². The second-order valence-electron chi connectivity index (χ2n) is 4.20. The van der Waals surface area contributed by atoms with E-state index in [2.05, 4.69) is 10.3 Å².